The summed E-state index contributed by atoms with van der Waals surface area (Å²) < 4.78 is 11.9. The van der Waals surface area contributed by atoms with E-state index in [1.165, 1.54) is 0 Å². The molecule has 1 amide bonds. The molecule has 3 aromatic rings. The highest BCUT2D eigenvalue weighted by molar-refractivity contribution is 5.98. The average molecular weight is 534 g/mol. The Hall–Kier alpha value is -3.95. The number of ether oxygens (including phenoxy) is 2. The summed E-state index contributed by atoms with van der Waals surface area (Å²) >= 11 is 0. The molecule has 3 atom stereocenters. The van der Waals surface area contributed by atoms with E-state index in [-0.39, 0.29) is 42.0 Å². The Morgan fingerprint density at radius 3 is 2.59 bits per heavy atom. The summed E-state index contributed by atoms with van der Waals surface area (Å²) in [4.78, 5) is 33.3. The van der Waals surface area contributed by atoms with E-state index < -0.39 is 5.97 Å². The van der Waals surface area contributed by atoms with Crippen LogP contribution in [0, 0.1) is 5.92 Å². The molecule has 2 aromatic carbocycles. The van der Waals surface area contributed by atoms with Crippen molar-refractivity contribution in [1.82, 2.24) is 14.8 Å². The lowest BCUT2D eigenvalue weighted by Crippen LogP contribution is -2.49. The Balaban J connectivity index is 1.64. The third-order valence-electron chi connectivity index (χ3n) is 7.08. The van der Waals surface area contributed by atoms with Crippen LogP contribution in [0.1, 0.15) is 40.1 Å². The maximum Gasteiger partial charge on any atom is 0.335 e. The highest BCUT2D eigenvalue weighted by atomic mass is 16.5. The number of carbonyl (C=O) groups excluding carboxylic acids is 1. The molecule has 2 heterocycles. The van der Waals surface area contributed by atoms with Crippen molar-refractivity contribution in [2.75, 3.05) is 33.9 Å². The number of aliphatic hydroxyl groups excluding tert-OH is 1. The number of benzene rings is 2. The molecule has 2 N–H and O–H groups in total. The molecule has 39 heavy (non-hydrogen) atoms. The number of aromatic carboxylic acids is 1. The second-order valence-electron chi connectivity index (χ2n) is 10.1. The molecule has 1 aliphatic rings. The first kappa shape index (κ1) is 28.1. The molecular formula is C30H35N3O6. The number of likely N-dealkylation sites (N-methyl/N-ethyl adjacent to an activating group) is 1. The van der Waals surface area contributed by atoms with Crippen molar-refractivity contribution < 1.29 is 29.3 Å². The van der Waals surface area contributed by atoms with Crippen LogP contribution in [0.25, 0.3) is 11.1 Å². The number of amides is 1. The van der Waals surface area contributed by atoms with Crippen molar-refractivity contribution in [3.8, 4) is 22.8 Å². The fourth-order valence-electron chi connectivity index (χ4n) is 4.79. The lowest BCUT2D eigenvalue weighted by Gasteiger charge is -2.37. The number of carboxylic acid groups (broad SMARTS) is 1. The molecule has 9 nitrogen and oxygen atoms in total. The van der Waals surface area contributed by atoms with Gasteiger partial charge in [0.05, 0.1) is 25.3 Å². The fourth-order valence-corrected chi connectivity index (χ4v) is 4.79. The Kier molecular flexibility index (Phi) is 8.83. The molecule has 0 saturated carbocycles. The highest BCUT2D eigenvalue weighted by Gasteiger charge is 2.34. The Morgan fingerprint density at radius 1 is 1.21 bits per heavy atom. The van der Waals surface area contributed by atoms with Crippen LogP contribution >= 0.6 is 0 Å². The molecule has 9 heteroatoms. The predicted molar refractivity (Wildman–Crippen MR) is 147 cm³/mol. The molecule has 0 bridgehead atoms. The first-order valence-corrected chi connectivity index (χ1v) is 12.9. The molecular weight excluding hydrogens is 498 g/mol. The number of hydrogen-bond donors (Lipinski definition) is 2. The zero-order valence-electron chi connectivity index (χ0n) is 22.7. The van der Waals surface area contributed by atoms with Gasteiger partial charge in [0.15, 0.2) is 0 Å². The van der Waals surface area contributed by atoms with E-state index in [9.17, 15) is 14.7 Å². The van der Waals surface area contributed by atoms with E-state index in [0.29, 0.717) is 30.9 Å². The van der Waals surface area contributed by atoms with Crippen LogP contribution in [0.5, 0.6) is 11.6 Å². The SMILES string of the molecule is COc1ccccc1-c1cnc2c(c1)C(=O)N([C@@H](C)CO)C[C@@H](C)[C@H](CN(C)Cc1ccc(C(=O)O)cc1)O2. The fraction of sp³-hybridized carbons (Fsp3) is 0.367. The average Bonchev–Trinajstić information content (AvgIpc) is 2.94. The van der Waals surface area contributed by atoms with Crippen molar-refractivity contribution in [3.63, 3.8) is 0 Å². The van der Waals surface area contributed by atoms with Gasteiger partial charge in [0.2, 0.25) is 5.88 Å². The van der Waals surface area contributed by atoms with Gasteiger partial charge < -0.3 is 24.6 Å². The van der Waals surface area contributed by atoms with Crippen LogP contribution in [0.2, 0.25) is 0 Å². The number of hydrogen-bond acceptors (Lipinski definition) is 7. The maximum atomic E-state index is 13.7. The van der Waals surface area contributed by atoms with Crippen molar-refractivity contribution in [2.24, 2.45) is 5.92 Å². The zero-order chi connectivity index (χ0) is 28.1. The third-order valence-corrected chi connectivity index (χ3v) is 7.08. The summed E-state index contributed by atoms with van der Waals surface area (Å²) in [6.45, 7) is 5.24. The minimum absolute atomic E-state index is 0.0522. The molecule has 1 aromatic heterocycles. The van der Waals surface area contributed by atoms with Crippen molar-refractivity contribution in [3.05, 3.63) is 77.5 Å². The minimum Gasteiger partial charge on any atom is -0.496 e. The minimum atomic E-state index is -0.956. The quantitative estimate of drug-likeness (QED) is 0.427. The Morgan fingerprint density at radius 2 is 1.92 bits per heavy atom. The number of nitrogens with zero attached hydrogens (tertiary/aromatic N) is 3. The molecule has 0 aliphatic carbocycles. The van der Waals surface area contributed by atoms with Crippen LogP contribution in [-0.4, -0.2) is 82.9 Å². The van der Waals surface area contributed by atoms with Gasteiger partial charge in [-0.3, -0.25) is 9.69 Å². The van der Waals surface area contributed by atoms with Gasteiger partial charge >= 0.3 is 5.97 Å². The third kappa shape index (κ3) is 6.38. The number of para-hydroxylation sites is 1. The number of pyridine rings is 1. The molecule has 0 unspecified atom stereocenters. The van der Waals surface area contributed by atoms with Crippen LogP contribution in [0.4, 0.5) is 0 Å². The Bertz CT molecular complexity index is 1310. The van der Waals surface area contributed by atoms with E-state index in [2.05, 4.69) is 9.88 Å². The zero-order valence-corrected chi connectivity index (χ0v) is 22.7. The number of fused-ring (bicyclic) bond motifs is 1. The van der Waals surface area contributed by atoms with Crippen LogP contribution < -0.4 is 9.47 Å². The summed E-state index contributed by atoms with van der Waals surface area (Å²) in [5.74, 6) is -0.326. The van der Waals surface area contributed by atoms with Crippen molar-refractivity contribution in [2.45, 2.75) is 32.5 Å². The second-order valence-corrected chi connectivity index (χ2v) is 10.1. The Labute approximate surface area is 228 Å². The number of aliphatic hydroxyl groups is 1. The molecule has 0 spiro atoms. The van der Waals surface area contributed by atoms with Crippen LogP contribution in [0.15, 0.2) is 60.8 Å². The van der Waals surface area contributed by atoms with Crippen molar-refractivity contribution in [1.29, 1.82) is 0 Å². The van der Waals surface area contributed by atoms with E-state index in [4.69, 9.17) is 14.6 Å². The number of carbonyl (C=O) groups is 2. The van der Waals surface area contributed by atoms with Gasteiger partial charge in [0.1, 0.15) is 17.4 Å². The normalized spacial score (nSPS) is 18.1. The summed E-state index contributed by atoms with van der Waals surface area (Å²) in [6.07, 6.45) is 1.39. The van der Waals surface area contributed by atoms with Gasteiger partial charge in [-0.2, -0.15) is 0 Å². The van der Waals surface area contributed by atoms with Gasteiger partial charge in [-0.1, -0.05) is 37.3 Å². The first-order valence-electron chi connectivity index (χ1n) is 12.9. The summed E-state index contributed by atoms with van der Waals surface area (Å²) in [7, 11) is 3.57. The number of methoxy groups -OCH3 is 1. The van der Waals surface area contributed by atoms with E-state index in [1.807, 2.05) is 57.3 Å². The van der Waals surface area contributed by atoms with Gasteiger partial charge in [-0.15, -0.1) is 0 Å². The number of aromatic nitrogens is 1. The highest BCUT2D eigenvalue weighted by Crippen LogP contribution is 2.34. The van der Waals surface area contributed by atoms with E-state index >= 15 is 0 Å². The van der Waals surface area contributed by atoms with Crippen LogP contribution in [0.3, 0.4) is 0 Å². The van der Waals surface area contributed by atoms with E-state index in [1.54, 1.807) is 36.4 Å². The lowest BCUT2D eigenvalue weighted by atomic mass is 9.98. The predicted octanol–water partition coefficient (Wildman–Crippen LogP) is 3.81. The molecule has 0 fully saturated rings. The molecule has 4 rings (SSSR count). The smallest absolute Gasteiger partial charge is 0.335 e. The standard InChI is InChI=1S/C30H35N3O6/c1-19-15-33(20(2)18-34)29(35)25-13-23(24-7-5-6-8-26(24)38-4)14-31-28(25)39-27(19)17-32(3)16-21-9-11-22(12-10-21)30(36)37/h5-14,19-20,27,34H,15-18H2,1-4H3,(H,36,37)/t19-,20+,27+/m1/s1. The molecule has 0 saturated heterocycles. The number of carboxylic acids is 1. The summed E-state index contributed by atoms with van der Waals surface area (Å²) in [6, 6.07) is 15.7. The van der Waals surface area contributed by atoms with E-state index in [0.717, 1.165) is 16.7 Å². The molecule has 206 valence electrons. The summed E-state index contributed by atoms with van der Waals surface area (Å²) in [5.41, 5.74) is 3.10. The second kappa shape index (κ2) is 12.3. The van der Waals surface area contributed by atoms with Gasteiger partial charge in [0.25, 0.3) is 5.91 Å². The topological polar surface area (TPSA) is 112 Å². The lowest BCUT2D eigenvalue weighted by molar-refractivity contribution is 0.0325. The summed E-state index contributed by atoms with van der Waals surface area (Å²) in [5, 5.41) is 19.1. The van der Waals surface area contributed by atoms with Crippen molar-refractivity contribution >= 4 is 11.9 Å². The first-order chi connectivity index (χ1) is 18.7. The maximum absolute atomic E-state index is 13.7. The largest absolute Gasteiger partial charge is 0.496 e. The van der Waals surface area contributed by atoms with Gasteiger partial charge in [-0.25, -0.2) is 9.78 Å². The van der Waals surface area contributed by atoms with Gasteiger partial charge in [-0.05, 0) is 43.8 Å². The monoisotopic (exact) mass is 533 g/mol. The number of rotatable bonds is 9. The molecule has 1 aliphatic heterocycles. The van der Waals surface area contributed by atoms with Crippen LogP contribution in [-0.2, 0) is 6.54 Å². The van der Waals surface area contributed by atoms with Gasteiger partial charge in [0, 0.05) is 42.9 Å². The molecule has 0 radical (unpaired) electrons.